The number of rotatable bonds is 6. The normalized spacial score (nSPS) is 16.1. The van der Waals surface area contributed by atoms with Crippen LogP contribution in [0, 0.1) is 0 Å². The fourth-order valence-corrected chi connectivity index (χ4v) is 3.28. The van der Waals surface area contributed by atoms with E-state index in [1.54, 1.807) is 31.4 Å². The first kappa shape index (κ1) is 17.3. The van der Waals surface area contributed by atoms with Crippen molar-refractivity contribution >= 4 is 46.3 Å². The molecule has 0 spiro atoms. The Bertz CT molecular complexity index is 686. The van der Waals surface area contributed by atoms with E-state index in [4.69, 9.17) is 26.8 Å². The van der Waals surface area contributed by atoms with Crippen molar-refractivity contribution in [3.05, 3.63) is 28.7 Å². The van der Waals surface area contributed by atoms with Crippen LogP contribution in [-0.2, 0) is 9.59 Å². The van der Waals surface area contributed by atoms with Crippen molar-refractivity contribution in [3.63, 3.8) is 0 Å². The monoisotopic (exact) mass is 353 g/mol. The molecule has 1 amide bonds. The second-order valence-electron chi connectivity index (χ2n) is 4.58. The van der Waals surface area contributed by atoms with Gasteiger partial charge in [-0.2, -0.15) is 0 Å². The van der Waals surface area contributed by atoms with Gasteiger partial charge in [-0.05, 0) is 18.2 Å². The van der Waals surface area contributed by atoms with Gasteiger partial charge in [-0.25, -0.2) is 0 Å². The summed E-state index contributed by atoms with van der Waals surface area (Å²) in [6.07, 6.45) is 1.53. The van der Waals surface area contributed by atoms with E-state index in [1.165, 1.54) is 12.0 Å². The summed E-state index contributed by atoms with van der Waals surface area (Å²) in [6, 6.07) is 5.26. The highest BCUT2D eigenvalue weighted by Crippen LogP contribution is 2.35. The van der Waals surface area contributed by atoms with E-state index in [9.17, 15) is 9.59 Å². The Balaban J connectivity index is 2.25. The molecule has 1 aromatic rings. The minimum absolute atomic E-state index is 0.0666. The largest absolute Gasteiger partial charge is 0.497 e. The molecule has 8 heteroatoms. The van der Waals surface area contributed by atoms with Gasteiger partial charge in [0.1, 0.15) is 15.8 Å². The fourth-order valence-electron chi connectivity index (χ4n) is 1.98. The molecule has 0 aromatic heterocycles. The minimum Gasteiger partial charge on any atom is -0.497 e. The summed E-state index contributed by atoms with van der Waals surface area (Å²) in [5, 5.41) is 8.73. The summed E-state index contributed by atoms with van der Waals surface area (Å²) in [5.41, 5.74) is 0.715. The van der Waals surface area contributed by atoms with Crippen molar-refractivity contribution in [2.24, 2.45) is 0 Å². The van der Waals surface area contributed by atoms with E-state index in [1.807, 2.05) is 0 Å². The molecular formula is C15H15NO5S2. The number of thioether (sulfide) groups is 1. The second-order valence-corrected chi connectivity index (χ2v) is 6.26. The third-order valence-corrected chi connectivity index (χ3v) is 4.53. The molecule has 23 heavy (non-hydrogen) atoms. The summed E-state index contributed by atoms with van der Waals surface area (Å²) in [4.78, 5) is 24.7. The zero-order valence-corrected chi connectivity index (χ0v) is 14.2. The van der Waals surface area contributed by atoms with Crippen LogP contribution in [0.1, 0.15) is 12.0 Å². The van der Waals surface area contributed by atoms with Crippen LogP contribution in [0.5, 0.6) is 11.5 Å². The molecule has 2 rings (SSSR count). The summed E-state index contributed by atoms with van der Waals surface area (Å²) in [5.74, 6) is -0.0489. The Hall–Kier alpha value is -2.06. The molecule has 0 bridgehead atoms. The molecule has 0 saturated carbocycles. The number of hydrogen-bond donors (Lipinski definition) is 1. The fraction of sp³-hybridized carbons (Fsp3) is 0.267. The maximum Gasteiger partial charge on any atom is 0.305 e. The lowest BCUT2D eigenvalue weighted by Crippen LogP contribution is -2.30. The number of amides is 1. The number of carbonyl (C=O) groups excluding carboxylic acids is 1. The van der Waals surface area contributed by atoms with E-state index >= 15 is 0 Å². The number of ether oxygens (including phenoxy) is 2. The number of benzene rings is 1. The van der Waals surface area contributed by atoms with Gasteiger partial charge in [-0.3, -0.25) is 14.5 Å². The molecule has 1 N–H and O–H groups in total. The molecule has 1 saturated heterocycles. The average Bonchev–Trinajstić information content (AvgIpc) is 2.79. The molecule has 122 valence electrons. The maximum absolute atomic E-state index is 12.3. The van der Waals surface area contributed by atoms with Crippen LogP contribution in [-0.4, -0.2) is 47.0 Å². The first-order chi connectivity index (χ1) is 11.0. The molecule has 1 aromatic carbocycles. The van der Waals surface area contributed by atoms with Crippen LogP contribution < -0.4 is 9.47 Å². The molecule has 1 heterocycles. The molecule has 6 nitrogen and oxygen atoms in total. The predicted octanol–water partition coefficient (Wildman–Crippen LogP) is 2.38. The Morgan fingerprint density at radius 1 is 1.39 bits per heavy atom. The molecule has 1 fully saturated rings. The third-order valence-electron chi connectivity index (χ3n) is 3.15. The zero-order valence-electron chi connectivity index (χ0n) is 12.6. The summed E-state index contributed by atoms with van der Waals surface area (Å²) < 4.78 is 10.8. The number of thiocarbonyl (C=S) groups is 1. The smallest absolute Gasteiger partial charge is 0.305 e. The van der Waals surface area contributed by atoms with Gasteiger partial charge in [-0.15, -0.1) is 0 Å². The van der Waals surface area contributed by atoms with Crippen LogP contribution in [0.15, 0.2) is 23.1 Å². The lowest BCUT2D eigenvalue weighted by Gasteiger charge is -2.12. The molecular weight excluding hydrogens is 338 g/mol. The lowest BCUT2D eigenvalue weighted by atomic mass is 10.1. The Kier molecular flexibility index (Phi) is 5.62. The topological polar surface area (TPSA) is 76.1 Å². The predicted molar refractivity (Wildman–Crippen MR) is 91.7 cm³/mol. The van der Waals surface area contributed by atoms with Gasteiger partial charge in [0.25, 0.3) is 5.91 Å². The average molecular weight is 353 g/mol. The van der Waals surface area contributed by atoms with Crippen LogP contribution in [0.4, 0.5) is 0 Å². The van der Waals surface area contributed by atoms with Gasteiger partial charge in [0.2, 0.25) is 0 Å². The summed E-state index contributed by atoms with van der Waals surface area (Å²) in [7, 11) is 3.09. The quantitative estimate of drug-likeness (QED) is 0.621. The van der Waals surface area contributed by atoms with E-state index < -0.39 is 5.97 Å². The second kappa shape index (κ2) is 7.47. The van der Waals surface area contributed by atoms with E-state index in [0.29, 0.717) is 26.3 Å². The van der Waals surface area contributed by atoms with Crippen LogP contribution in [0.3, 0.4) is 0 Å². The Morgan fingerprint density at radius 3 is 2.74 bits per heavy atom. The van der Waals surface area contributed by atoms with Crippen LogP contribution in [0.2, 0.25) is 0 Å². The first-order valence-corrected chi connectivity index (χ1v) is 7.88. The number of carbonyl (C=O) groups is 2. The van der Waals surface area contributed by atoms with Crippen molar-refractivity contribution in [1.29, 1.82) is 0 Å². The van der Waals surface area contributed by atoms with Gasteiger partial charge in [0.05, 0.1) is 25.5 Å². The van der Waals surface area contributed by atoms with E-state index in [0.717, 1.165) is 11.8 Å². The number of nitrogens with zero attached hydrogens (tertiary/aromatic N) is 1. The van der Waals surface area contributed by atoms with Gasteiger partial charge < -0.3 is 14.6 Å². The van der Waals surface area contributed by atoms with Gasteiger partial charge in [0.15, 0.2) is 0 Å². The zero-order chi connectivity index (χ0) is 17.0. The third kappa shape index (κ3) is 4.02. The lowest BCUT2D eigenvalue weighted by molar-refractivity contribution is -0.137. The Labute approximate surface area is 143 Å². The minimum atomic E-state index is -0.972. The van der Waals surface area contributed by atoms with Crippen molar-refractivity contribution in [1.82, 2.24) is 4.90 Å². The van der Waals surface area contributed by atoms with Crippen molar-refractivity contribution in [2.75, 3.05) is 20.8 Å². The van der Waals surface area contributed by atoms with E-state index in [-0.39, 0.29) is 18.9 Å². The molecule has 0 aliphatic carbocycles. The molecule has 0 atom stereocenters. The summed E-state index contributed by atoms with van der Waals surface area (Å²) in [6.45, 7) is 0.0666. The molecule has 1 aliphatic rings. The standard InChI is InChI=1S/C15H15NO5S2/c1-20-10-4-3-9(11(8-10)21-2)7-12-14(19)16(15(22)23-12)6-5-13(17)18/h3-4,7-8H,5-6H2,1-2H3,(H,17,18). The molecule has 1 aliphatic heterocycles. The highest BCUT2D eigenvalue weighted by molar-refractivity contribution is 8.26. The highest BCUT2D eigenvalue weighted by Gasteiger charge is 2.32. The molecule has 0 radical (unpaired) electrons. The van der Waals surface area contributed by atoms with Crippen molar-refractivity contribution in [2.45, 2.75) is 6.42 Å². The summed E-state index contributed by atoms with van der Waals surface area (Å²) >= 11 is 6.29. The maximum atomic E-state index is 12.3. The highest BCUT2D eigenvalue weighted by atomic mass is 32.2. The van der Waals surface area contributed by atoms with Crippen molar-refractivity contribution in [3.8, 4) is 11.5 Å². The number of aliphatic carboxylic acids is 1. The number of hydrogen-bond acceptors (Lipinski definition) is 6. The van der Waals surface area contributed by atoms with Gasteiger partial charge >= 0.3 is 5.97 Å². The van der Waals surface area contributed by atoms with E-state index in [2.05, 4.69) is 0 Å². The number of carboxylic acids is 1. The molecule has 0 unspecified atom stereocenters. The van der Waals surface area contributed by atoms with Crippen molar-refractivity contribution < 1.29 is 24.2 Å². The van der Waals surface area contributed by atoms with Gasteiger partial charge in [0, 0.05) is 18.2 Å². The SMILES string of the molecule is COc1ccc(C=C2SC(=S)N(CCC(=O)O)C2=O)c(OC)c1. The first-order valence-electron chi connectivity index (χ1n) is 6.65. The van der Waals surface area contributed by atoms with Crippen LogP contribution in [0.25, 0.3) is 6.08 Å². The van der Waals surface area contributed by atoms with Gasteiger partial charge in [-0.1, -0.05) is 24.0 Å². The number of carboxylic acid groups (broad SMARTS) is 1. The Morgan fingerprint density at radius 2 is 2.13 bits per heavy atom. The number of methoxy groups -OCH3 is 2. The van der Waals surface area contributed by atoms with Crippen LogP contribution >= 0.6 is 24.0 Å².